The molecule has 22 heavy (non-hydrogen) atoms. The van der Waals surface area contributed by atoms with Crippen LogP contribution in [0.1, 0.15) is 78.6 Å². The maximum atomic E-state index is 12.8. The maximum Gasteiger partial charge on any atom is 0.323 e. The van der Waals surface area contributed by atoms with Crippen molar-refractivity contribution < 1.29 is 9.53 Å². The largest absolute Gasteiger partial charge is 0.459 e. The molecule has 1 N–H and O–H groups in total. The van der Waals surface area contributed by atoms with E-state index in [9.17, 15) is 4.79 Å². The molecule has 1 saturated heterocycles. The molecule has 3 aliphatic rings. The Morgan fingerprint density at radius 2 is 1.59 bits per heavy atom. The highest BCUT2D eigenvalue weighted by Crippen LogP contribution is 2.46. The van der Waals surface area contributed by atoms with Crippen LogP contribution in [-0.4, -0.2) is 23.7 Å². The molecule has 0 radical (unpaired) electrons. The third-order valence-corrected chi connectivity index (χ3v) is 5.95. The van der Waals surface area contributed by atoms with E-state index in [1.807, 2.05) is 20.8 Å². The summed E-state index contributed by atoms with van der Waals surface area (Å²) in [6.45, 7) is 5.92. The summed E-state index contributed by atoms with van der Waals surface area (Å²) in [6.07, 6.45) is 11.9. The molecule has 2 saturated carbocycles. The quantitative estimate of drug-likeness (QED) is 0.782. The molecule has 1 heterocycles. The van der Waals surface area contributed by atoms with Crippen molar-refractivity contribution in [1.29, 1.82) is 0 Å². The third-order valence-electron chi connectivity index (χ3n) is 5.95. The van der Waals surface area contributed by atoms with E-state index in [-0.39, 0.29) is 17.6 Å². The molecule has 2 aliphatic carbocycles. The predicted molar refractivity (Wildman–Crippen MR) is 88.6 cm³/mol. The lowest BCUT2D eigenvalue weighted by molar-refractivity contribution is -0.159. The number of esters is 1. The van der Waals surface area contributed by atoms with Crippen molar-refractivity contribution in [2.75, 3.05) is 0 Å². The van der Waals surface area contributed by atoms with Gasteiger partial charge in [0.1, 0.15) is 11.6 Å². The van der Waals surface area contributed by atoms with E-state index in [2.05, 4.69) is 5.32 Å². The highest BCUT2D eigenvalue weighted by atomic mass is 16.6. The van der Waals surface area contributed by atoms with E-state index in [0.717, 1.165) is 5.92 Å². The zero-order chi connectivity index (χ0) is 15.7. The molecule has 1 aliphatic heterocycles. The van der Waals surface area contributed by atoms with Gasteiger partial charge in [0.05, 0.1) is 0 Å². The molecule has 3 rings (SSSR count). The summed E-state index contributed by atoms with van der Waals surface area (Å²) in [5.41, 5.74) is -0.385. The predicted octanol–water partition coefficient (Wildman–Crippen LogP) is 4.06. The summed E-state index contributed by atoms with van der Waals surface area (Å²) in [5.74, 6) is 1.94. The molecule has 2 unspecified atom stereocenters. The van der Waals surface area contributed by atoms with Crippen LogP contribution in [0.5, 0.6) is 0 Å². The van der Waals surface area contributed by atoms with Gasteiger partial charge in [0.25, 0.3) is 0 Å². The molecular weight excluding hydrogens is 274 g/mol. The highest BCUT2D eigenvalue weighted by Gasteiger charge is 2.50. The van der Waals surface area contributed by atoms with Gasteiger partial charge < -0.3 is 10.1 Å². The standard InChI is InChI=1S/C19H33NO2/c1-19(2,3)22-18(21)17-16(13-9-5-4-6-10-13)14-11-7-8-12-15(14)20-17/h13-17,20H,4-12H2,1-3H3/t14?,15?,16-,17-/m0/s1. The molecule has 0 spiro atoms. The third kappa shape index (κ3) is 3.50. The van der Waals surface area contributed by atoms with Gasteiger partial charge in [-0.05, 0) is 51.4 Å². The first-order valence-corrected chi connectivity index (χ1v) is 9.44. The number of carbonyl (C=O) groups excluding carboxylic acids is 1. The molecule has 126 valence electrons. The minimum Gasteiger partial charge on any atom is -0.459 e. The Hall–Kier alpha value is -0.570. The van der Waals surface area contributed by atoms with Crippen LogP contribution in [0.2, 0.25) is 0 Å². The number of carbonyl (C=O) groups is 1. The molecule has 3 heteroatoms. The molecule has 3 nitrogen and oxygen atoms in total. The fraction of sp³-hybridized carbons (Fsp3) is 0.947. The van der Waals surface area contributed by atoms with E-state index < -0.39 is 0 Å². The summed E-state index contributed by atoms with van der Waals surface area (Å²) < 4.78 is 5.75. The van der Waals surface area contributed by atoms with E-state index >= 15 is 0 Å². The van der Waals surface area contributed by atoms with E-state index in [4.69, 9.17) is 4.74 Å². The van der Waals surface area contributed by atoms with Crippen molar-refractivity contribution in [3.8, 4) is 0 Å². The Kier molecular flexibility index (Phi) is 4.82. The molecule has 0 aromatic carbocycles. The Morgan fingerprint density at radius 1 is 0.955 bits per heavy atom. The van der Waals surface area contributed by atoms with Gasteiger partial charge in [0.15, 0.2) is 0 Å². The van der Waals surface area contributed by atoms with Crippen LogP contribution in [0.15, 0.2) is 0 Å². The first-order chi connectivity index (χ1) is 10.5. The van der Waals surface area contributed by atoms with Gasteiger partial charge in [-0.3, -0.25) is 4.79 Å². The van der Waals surface area contributed by atoms with Gasteiger partial charge >= 0.3 is 5.97 Å². The lowest BCUT2D eigenvalue weighted by atomic mass is 9.68. The second-order valence-corrected chi connectivity index (χ2v) is 8.71. The van der Waals surface area contributed by atoms with Crippen molar-refractivity contribution in [2.24, 2.45) is 17.8 Å². The number of ether oxygens (including phenoxy) is 1. The first kappa shape index (κ1) is 16.3. The summed E-state index contributed by atoms with van der Waals surface area (Å²) >= 11 is 0. The normalized spacial score (nSPS) is 36.9. The van der Waals surface area contributed by atoms with Crippen LogP contribution in [0.25, 0.3) is 0 Å². The number of nitrogens with one attached hydrogen (secondary N) is 1. The number of hydrogen-bond donors (Lipinski definition) is 1. The van der Waals surface area contributed by atoms with Gasteiger partial charge in [0, 0.05) is 6.04 Å². The molecule has 0 bridgehead atoms. The van der Waals surface area contributed by atoms with Gasteiger partial charge in [-0.25, -0.2) is 0 Å². The molecular formula is C19H33NO2. The second kappa shape index (κ2) is 6.51. The van der Waals surface area contributed by atoms with Crippen molar-refractivity contribution in [2.45, 2.75) is 96.2 Å². The average Bonchev–Trinajstić information content (AvgIpc) is 2.86. The molecule has 0 aromatic heterocycles. The van der Waals surface area contributed by atoms with E-state index in [1.165, 1.54) is 57.8 Å². The summed E-state index contributed by atoms with van der Waals surface area (Å²) in [7, 11) is 0. The van der Waals surface area contributed by atoms with Crippen LogP contribution in [0.3, 0.4) is 0 Å². The Labute approximate surface area is 135 Å². The van der Waals surface area contributed by atoms with E-state index in [0.29, 0.717) is 17.9 Å². The molecule has 0 amide bonds. The Bertz CT molecular complexity index is 395. The van der Waals surface area contributed by atoms with Crippen LogP contribution in [-0.2, 0) is 9.53 Å². The smallest absolute Gasteiger partial charge is 0.323 e. The minimum atomic E-state index is -0.385. The van der Waals surface area contributed by atoms with Crippen molar-refractivity contribution in [1.82, 2.24) is 5.32 Å². The van der Waals surface area contributed by atoms with Gasteiger partial charge in [-0.15, -0.1) is 0 Å². The van der Waals surface area contributed by atoms with Crippen molar-refractivity contribution in [3.63, 3.8) is 0 Å². The SMILES string of the molecule is CC(C)(C)OC(=O)[C@H]1NC2CCCCC2[C@@H]1C1CCCCC1. The van der Waals surface area contributed by atoms with Crippen molar-refractivity contribution >= 4 is 5.97 Å². The monoisotopic (exact) mass is 307 g/mol. The topological polar surface area (TPSA) is 38.3 Å². The number of hydrogen-bond acceptors (Lipinski definition) is 3. The lowest BCUT2D eigenvalue weighted by Gasteiger charge is -2.36. The zero-order valence-electron chi connectivity index (χ0n) is 14.6. The summed E-state index contributed by atoms with van der Waals surface area (Å²) in [4.78, 5) is 12.8. The fourth-order valence-electron chi connectivity index (χ4n) is 5.15. The molecule has 4 atom stereocenters. The van der Waals surface area contributed by atoms with Crippen LogP contribution >= 0.6 is 0 Å². The van der Waals surface area contributed by atoms with Gasteiger partial charge in [-0.1, -0.05) is 44.9 Å². The lowest BCUT2D eigenvalue weighted by Crippen LogP contribution is -2.44. The summed E-state index contributed by atoms with van der Waals surface area (Å²) in [5, 5.41) is 3.69. The second-order valence-electron chi connectivity index (χ2n) is 8.71. The minimum absolute atomic E-state index is 0.00234. The first-order valence-electron chi connectivity index (χ1n) is 9.44. The van der Waals surface area contributed by atoms with Crippen LogP contribution in [0, 0.1) is 17.8 Å². The highest BCUT2D eigenvalue weighted by molar-refractivity contribution is 5.77. The average molecular weight is 307 g/mol. The Morgan fingerprint density at radius 3 is 2.27 bits per heavy atom. The Balaban J connectivity index is 1.77. The number of fused-ring (bicyclic) bond motifs is 1. The van der Waals surface area contributed by atoms with E-state index in [1.54, 1.807) is 0 Å². The zero-order valence-corrected chi connectivity index (χ0v) is 14.6. The van der Waals surface area contributed by atoms with Crippen molar-refractivity contribution in [3.05, 3.63) is 0 Å². The van der Waals surface area contributed by atoms with Crippen LogP contribution in [0.4, 0.5) is 0 Å². The van der Waals surface area contributed by atoms with Crippen LogP contribution < -0.4 is 5.32 Å². The molecule has 3 fully saturated rings. The van der Waals surface area contributed by atoms with Gasteiger partial charge in [0.2, 0.25) is 0 Å². The summed E-state index contributed by atoms with van der Waals surface area (Å²) in [6, 6.07) is 0.494. The maximum absolute atomic E-state index is 12.8. The number of rotatable bonds is 2. The molecule has 0 aromatic rings. The van der Waals surface area contributed by atoms with Gasteiger partial charge in [-0.2, -0.15) is 0 Å². The fourth-order valence-corrected chi connectivity index (χ4v) is 5.15.